The van der Waals surface area contributed by atoms with Gasteiger partial charge in [0.05, 0.1) is 0 Å². The molecule has 1 aromatic heterocycles. The van der Waals surface area contributed by atoms with Crippen molar-refractivity contribution in [3.05, 3.63) is 23.9 Å². The zero-order valence-electron chi connectivity index (χ0n) is 15.9. The van der Waals surface area contributed by atoms with Gasteiger partial charge in [-0.1, -0.05) is 13.0 Å². The van der Waals surface area contributed by atoms with E-state index < -0.39 is 5.60 Å². The van der Waals surface area contributed by atoms with Gasteiger partial charge in [0.15, 0.2) is 0 Å². The van der Waals surface area contributed by atoms with E-state index in [1.807, 2.05) is 40.0 Å². The summed E-state index contributed by atoms with van der Waals surface area (Å²) in [6.45, 7) is 10.8. The number of hydrogen-bond donors (Lipinski definition) is 0. The molecule has 1 amide bonds. The van der Waals surface area contributed by atoms with Gasteiger partial charge >= 0.3 is 6.09 Å². The summed E-state index contributed by atoms with van der Waals surface area (Å²) in [7, 11) is 2.15. The standard InChI is InChI=1S/C19H31N3O2/c1-7-14(2)22(18(23)24-19(3,4)5)17-11-10-15(13-20-17)16-9-8-12-21(16)6/h10-11,13-14,16H,7-9,12H2,1-6H3/t14-,16+/m1/s1. The molecule has 0 unspecified atom stereocenters. The molecular formula is C19H31N3O2. The number of aromatic nitrogens is 1. The van der Waals surface area contributed by atoms with E-state index in [0.717, 1.165) is 13.0 Å². The molecule has 134 valence electrons. The SMILES string of the molecule is CC[C@@H](C)N(C(=O)OC(C)(C)C)c1ccc([C@@H]2CCCN2C)cn1. The Morgan fingerprint density at radius 1 is 1.46 bits per heavy atom. The Morgan fingerprint density at radius 2 is 2.17 bits per heavy atom. The molecule has 0 spiro atoms. The van der Waals surface area contributed by atoms with Crippen molar-refractivity contribution in [2.45, 2.75) is 71.6 Å². The van der Waals surface area contributed by atoms with Crippen LogP contribution in [-0.2, 0) is 4.74 Å². The average Bonchev–Trinajstić information content (AvgIpc) is 2.92. The highest BCUT2D eigenvalue weighted by atomic mass is 16.6. The van der Waals surface area contributed by atoms with E-state index >= 15 is 0 Å². The maximum absolute atomic E-state index is 12.6. The van der Waals surface area contributed by atoms with Crippen LogP contribution in [0.15, 0.2) is 18.3 Å². The van der Waals surface area contributed by atoms with Gasteiger partial charge in [-0.05, 0) is 72.2 Å². The van der Waals surface area contributed by atoms with E-state index in [-0.39, 0.29) is 12.1 Å². The number of anilines is 1. The Balaban J connectivity index is 2.22. The van der Waals surface area contributed by atoms with Gasteiger partial charge in [0.2, 0.25) is 0 Å². The van der Waals surface area contributed by atoms with Crippen LogP contribution in [0.5, 0.6) is 0 Å². The Bertz CT molecular complexity index is 551. The number of likely N-dealkylation sites (tertiary alicyclic amines) is 1. The summed E-state index contributed by atoms with van der Waals surface area (Å²) in [5.41, 5.74) is 0.696. The number of carbonyl (C=O) groups is 1. The molecule has 0 radical (unpaired) electrons. The molecule has 5 heteroatoms. The first-order chi connectivity index (χ1) is 11.2. The molecule has 2 atom stereocenters. The highest BCUT2D eigenvalue weighted by molar-refractivity contribution is 5.87. The van der Waals surface area contributed by atoms with Crippen LogP contribution < -0.4 is 4.90 Å². The molecule has 1 aromatic rings. The van der Waals surface area contributed by atoms with Crippen molar-refractivity contribution in [2.24, 2.45) is 0 Å². The lowest BCUT2D eigenvalue weighted by molar-refractivity contribution is 0.0566. The molecule has 1 saturated heterocycles. The zero-order valence-corrected chi connectivity index (χ0v) is 15.9. The molecule has 0 bridgehead atoms. The highest BCUT2D eigenvalue weighted by Crippen LogP contribution is 2.31. The van der Waals surface area contributed by atoms with Crippen LogP contribution >= 0.6 is 0 Å². The minimum atomic E-state index is -0.519. The van der Waals surface area contributed by atoms with Gasteiger partial charge < -0.3 is 4.74 Å². The minimum Gasteiger partial charge on any atom is -0.443 e. The predicted molar refractivity (Wildman–Crippen MR) is 97.3 cm³/mol. The summed E-state index contributed by atoms with van der Waals surface area (Å²) >= 11 is 0. The van der Waals surface area contributed by atoms with Crippen LogP contribution in [0.3, 0.4) is 0 Å². The predicted octanol–water partition coefficient (Wildman–Crippen LogP) is 4.39. The maximum atomic E-state index is 12.6. The Kier molecular flexibility index (Phi) is 5.86. The van der Waals surface area contributed by atoms with Gasteiger partial charge in [0.1, 0.15) is 11.4 Å². The van der Waals surface area contributed by atoms with Gasteiger partial charge in [-0.3, -0.25) is 9.80 Å². The highest BCUT2D eigenvalue weighted by Gasteiger charge is 2.28. The molecule has 0 N–H and O–H groups in total. The molecule has 2 rings (SSSR count). The molecule has 1 fully saturated rings. The molecule has 24 heavy (non-hydrogen) atoms. The second-order valence-electron chi connectivity index (χ2n) is 7.70. The van der Waals surface area contributed by atoms with Gasteiger partial charge in [-0.15, -0.1) is 0 Å². The maximum Gasteiger partial charge on any atom is 0.416 e. The number of ether oxygens (including phenoxy) is 1. The van der Waals surface area contributed by atoms with Crippen LogP contribution in [0.2, 0.25) is 0 Å². The van der Waals surface area contributed by atoms with Crippen LogP contribution in [-0.4, -0.2) is 41.2 Å². The molecule has 1 aliphatic rings. The number of carbonyl (C=O) groups excluding carboxylic acids is 1. The second-order valence-corrected chi connectivity index (χ2v) is 7.70. The summed E-state index contributed by atoms with van der Waals surface area (Å²) in [4.78, 5) is 21.2. The molecule has 0 aliphatic carbocycles. The summed E-state index contributed by atoms with van der Waals surface area (Å²) in [6.07, 6.45) is 4.80. The Labute approximate surface area is 146 Å². The number of hydrogen-bond acceptors (Lipinski definition) is 4. The third kappa shape index (κ3) is 4.47. The van der Waals surface area contributed by atoms with E-state index in [1.54, 1.807) is 4.90 Å². The van der Waals surface area contributed by atoms with Gasteiger partial charge in [0.25, 0.3) is 0 Å². The van der Waals surface area contributed by atoms with Crippen molar-refractivity contribution in [1.29, 1.82) is 0 Å². The third-order valence-electron chi connectivity index (χ3n) is 4.54. The molecule has 1 aliphatic heterocycles. The van der Waals surface area contributed by atoms with Crippen molar-refractivity contribution in [1.82, 2.24) is 9.88 Å². The minimum absolute atomic E-state index is 0.0346. The summed E-state index contributed by atoms with van der Waals surface area (Å²) in [5.74, 6) is 0.656. The van der Waals surface area contributed by atoms with Gasteiger partial charge in [-0.2, -0.15) is 0 Å². The number of amides is 1. The lowest BCUT2D eigenvalue weighted by Crippen LogP contribution is -2.42. The Hall–Kier alpha value is -1.62. The fourth-order valence-corrected chi connectivity index (χ4v) is 3.06. The van der Waals surface area contributed by atoms with Crippen molar-refractivity contribution >= 4 is 11.9 Å². The monoisotopic (exact) mass is 333 g/mol. The van der Waals surface area contributed by atoms with E-state index in [0.29, 0.717) is 11.9 Å². The Morgan fingerprint density at radius 3 is 2.62 bits per heavy atom. The molecule has 0 saturated carbocycles. The van der Waals surface area contributed by atoms with Crippen molar-refractivity contribution < 1.29 is 9.53 Å². The zero-order chi connectivity index (χ0) is 17.9. The largest absolute Gasteiger partial charge is 0.443 e. The topological polar surface area (TPSA) is 45.7 Å². The van der Waals surface area contributed by atoms with Crippen LogP contribution in [0.4, 0.5) is 10.6 Å². The normalized spacial score (nSPS) is 20.0. The van der Waals surface area contributed by atoms with E-state index in [2.05, 4.69) is 29.9 Å². The lowest BCUT2D eigenvalue weighted by atomic mass is 10.1. The summed E-state index contributed by atoms with van der Waals surface area (Å²) < 4.78 is 5.56. The number of nitrogens with zero attached hydrogens (tertiary/aromatic N) is 3. The summed E-state index contributed by atoms with van der Waals surface area (Å²) in [5, 5.41) is 0. The van der Waals surface area contributed by atoms with Crippen LogP contribution in [0, 0.1) is 0 Å². The third-order valence-corrected chi connectivity index (χ3v) is 4.54. The number of rotatable bonds is 4. The molecule has 5 nitrogen and oxygen atoms in total. The van der Waals surface area contributed by atoms with E-state index in [4.69, 9.17) is 4.74 Å². The van der Waals surface area contributed by atoms with Crippen LogP contribution in [0.25, 0.3) is 0 Å². The van der Waals surface area contributed by atoms with Crippen molar-refractivity contribution in [3.8, 4) is 0 Å². The first kappa shape index (κ1) is 18.7. The van der Waals surface area contributed by atoms with Crippen LogP contribution in [0.1, 0.15) is 65.5 Å². The quantitative estimate of drug-likeness (QED) is 0.820. The van der Waals surface area contributed by atoms with Crippen molar-refractivity contribution in [2.75, 3.05) is 18.5 Å². The fourth-order valence-electron chi connectivity index (χ4n) is 3.06. The molecule has 0 aromatic carbocycles. The van der Waals surface area contributed by atoms with E-state index in [9.17, 15) is 4.79 Å². The second kappa shape index (κ2) is 7.51. The number of pyridine rings is 1. The fraction of sp³-hybridized carbons (Fsp3) is 0.684. The molecular weight excluding hydrogens is 302 g/mol. The first-order valence-electron chi connectivity index (χ1n) is 8.91. The average molecular weight is 333 g/mol. The lowest BCUT2D eigenvalue weighted by Gasteiger charge is -2.30. The van der Waals surface area contributed by atoms with Crippen molar-refractivity contribution in [3.63, 3.8) is 0 Å². The smallest absolute Gasteiger partial charge is 0.416 e. The van der Waals surface area contributed by atoms with Gasteiger partial charge in [0, 0.05) is 18.3 Å². The van der Waals surface area contributed by atoms with E-state index in [1.165, 1.54) is 18.4 Å². The van der Waals surface area contributed by atoms with Gasteiger partial charge in [-0.25, -0.2) is 9.78 Å². The first-order valence-corrected chi connectivity index (χ1v) is 8.91. The molecule has 2 heterocycles. The summed E-state index contributed by atoms with van der Waals surface area (Å²) in [6, 6.07) is 4.50.